The van der Waals surface area contributed by atoms with Gasteiger partial charge in [0.2, 0.25) is 0 Å². The highest BCUT2D eigenvalue weighted by Crippen LogP contribution is 2.28. The van der Waals surface area contributed by atoms with Gasteiger partial charge < -0.3 is 4.90 Å². The Morgan fingerprint density at radius 3 is 2.31 bits per heavy atom. The molecular weight excluding hydrogens is 318 g/mol. The van der Waals surface area contributed by atoms with Crippen LogP contribution in [0.3, 0.4) is 0 Å². The molecule has 2 heteroatoms. The number of hydrogen-bond acceptors (Lipinski definition) is 1. The summed E-state index contributed by atoms with van der Waals surface area (Å²) in [6, 6.07) is 26.5. The number of carbonyl (C=O) groups is 1. The minimum Gasteiger partial charge on any atom is -0.304 e. The van der Waals surface area contributed by atoms with E-state index < -0.39 is 0 Å². The largest absolute Gasteiger partial charge is 0.304 e. The second-order valence-corrected chi connectivity index (χ2v) is 6.76. The molecule has 0 spiro atoms. The van der Waals surface area contributed by atoms with Crippen molar-refractivity contribution in [3.8, 4) is 0 Å². The maximum absolute atomic E-state index is 13.4. The Morgan fingerprint density at radius 1 is 0.885 bits per heavy atom. The summed E-state index contributed by atoms with van der Waals surface area (Å²) in [5.74, 6) is 0.0777. The fraction of sp³-hybridized carbons (Fsp3) is 0.125. The summed E-state index contributed by atoms with van der Waals surface area (Å²) in [6.45, 7) is 2.62. The smallest absolute Gasteiger partial charge is 0.254 e. The van der Waals surface area contributed by atoms with Crippen LogP contribution in [0.25, 0.3) is 6.08 Å². The first-order valence-electron chi connectivity index (χ1n) is 8.91. The average Bonchev–Trinajstić information content (AvgIpc) is 3.11. The Balaban J connectivity index is 1.66. The molecule has 0 unspecified atom stereocenters. The number of anilines is 1. The molecule has 1 amide bonds. The second-order valence-electron chi connectivity index (χ2n) is 6.76. The minimum absolute atomic E-state index is 0.0777. The van der Waals surface area contributed by atoms with Gasteiger partial charge in [0, 0.05) is 17.7 Å². The van der Waals surface area contributed by atoms with E-state index in [2.05, 4.69) is 43.3 Å². The highest BCUT2D eigenvalue weighted by atomic mass is 16.2. The summed E-state index contributed by atoms with van der Waals surface area (Å²) in [4.78, 5) is 15.2. The molecular formula is C24H21NO. The number of aryl methyl sites for hydroxylation is 1. The number of fused-ring (bicyclic) bond motifs is 1. The molecule has 128 valence electrons. The molecule has 0 radical (unpaired) electrons. The van der Waals surface area contributed by atoms with Gasteiger partial charge in [-0.15, -0.1) is 0 Å². The molecule has 0 N–H and O–H groups in total. The van der Waals surface area contributed by atoms with E-state index in [-0.39, 0.29) is 5.91 Å². The first-order chi connectivity index (χ1) is 12.7. The Hall–Kier alpha value is -3.13. The lowest BCUT2D eigenvalue weighted by Crippen LogP contribution is -2.31. The highest BCUT2D eigenvalue weighted by molar-refractivity contribution is 6.09. The van der Waals surface area contributed by atoms with Gasteiger partial charge in [0.15, 0.2) is 0 Å². The maximum Gasteiger partial charge on any atom is 0.254 e. The first kappa shape index (κ1) is 16.3. The van der Waals surface area contributed by atoms with E-state index >= 15 is 0 Å². The van der Waals surface area contributed by atoms with E-state index in [9.17, 15) is 4.79 Å². The van der Waals surface area contributed by atoms with Gasteiger partial charge in [0.25, 0.3) is 5.91 Å². The van der Waals surface area contributed by atoms with E-state index in [1.54, 1.807) is 0 Å². The number of nitrogens with zero attached hydrogens (tertiary/aromatic N) is 1. The van der Waals surface area contributed by atoms with Gasteiger partial charge in [-0.1, -0.05) is 72.3 Å². The third-order valence-corrected chi connectivity index (χ3v) is 4.81. The van der Waals surface area contributed by atoms with Gasteiger partial charge in [0.1, 0.15) is 0 Å². The molecule has 0 atom stereocenters. The Kier molecular flexibility index (Phi) is 4.40. The van der Waals surface area contributed by atoms with Crippen molar-refractivity contribution in [3.05, 3.63) is 107 Å². The average molecular weight is 339 g/mol. The molecule has 1 aliphatic rings. The number of rotatable bonds is 4. The van der Waals surface area contributed by atoms with Crippen LogP contribution in [0.4, 0.5) is 5.69 Å². The molecule has 2 nitrogen and oxygen atoms in total. The fourth-order valence-electron chi connectivity index (χ4n) is 3.36. The monoisotopic (exact) mass is 339 g/mol. The summed E-state index contributed by atoms with van der Waals surface area (Å²) >= 11 is 0. The van der Waals surface area contributed by atoms with Gasteiger partial charge in [-0.3, -0.25) is 4.79 Å². The van der Waals surface area contributed by atoms with Crippen molar-refractivity contribution in [1.82, 2.24) is 0 Å². The maximum atomic E-state index is 13.4. The zero-order chi connectivity index (χ0) is 17.9. The van der Waals surface area contributed by atoms with Gasteiger partial charge in [-0.25, -0.2) is 0 Å². The van der Waals surface area contributed by atoms with Gasteiger partial charge in [-0.2, -0.15) is 0 Å². The molecule has 1 aliphatic carbocycles. The van der Waals surface area contributed by atoms with Gasteiger partial charge in [-0.05, 0) is 41.8 Å². The van der Waals surface area contributed by atoms with Crippen LogP contribution in [0.1, 0.15) is 22.3 Å². The summed E-state index contributed by atoms with van der Waals surface area (Å²) in [7, 11) is 0. The Bertz CT molecular complexity index is 955. The summed E-state index contributed by atoms with van der Waals surface area (Å²) in [6.07, 6.45) is 2.73. The standard InChI is InChI=1S/C24H21NO/c1-18-11-13-23(14-12-18)25(17-19-7-3-2-4-8-19)24(26)22-15-20-9-5-6-10-21(20)16-22/h2-15H,16-17H2,1H3. The van der Waals surface area contributed by atoms with E-state index in [1.165, 1.54) is 11.1 Å². The molecule has 0 aromatic heterocycles. The summed E-state index contributed by atoms with van der Waals surface area (Å²) in [5.41, 5.74) is 6.47. The fourth-order valence-corrected chi connectivity index (χ4v) is 3.36. The second kappa shape index (κ2) is 7.01. The van der Waals surface area contributed by atoms with Crippen molar-refractivity contribution in [3.63, 3.8) is 0 Å². The van der Waals surface area contributed by atoms with Crippen LogP contribution in [-0.4, -0.2) is 5.91 Å². The van der Waals surface area contributed by atoms with Gasteiger partial charge in [0.05, 0.1) is 6.54 Å². The molecule has 0 fully saturated rings. The van der Waals surface area contributed by atoms with Crippen LogP contribution in [0.5, 0.6) is 0 Å². The van der Waals surface area contributed by atoms with Crippen molar-refractivity contribution < 1.29 is 4.79 Å². The molecule has 4 rings (SSSR count). The molecule has 0 heterocycles. The van der Waals surface area contributed by atoms with Crippen molar-refractivity contribution in [2.75, 3.05) is 4.90 Å². The van der Waals surface area contributed by atoms with E-state index in [0.29, 0.717) is 13.0 Å². The lowest BCUT2D eigenvalue weighted by molar-refractivity contribution is -0.115. The predicted octanol–water partition coefficient (Wildman–Crippen LogP) is 5.17. The summed E-state index contributed by atoms with van der Waals surface area (Å²) < 4.78 is 0. The minimum atomic E-state index is 0.0777. The zero-order valence-corrected chi connectivity index (χ0v) is 14.9. The Morgan fingerprint density at radius 2 is 1.58 bits per heavy atom. The van der Waals surface area contributed by atoms with E-state index in [0.717, 1.165) is 22.4 Å². The van der Waals surface area contributed by atoms with Gasteiger partial charge >= 0.3 is 0 Å². The van der Waals surface area contributed by atoms with E-state index in [4.69, 9.17) is 0 Å². The third kappa shape index (κ3) is 3.31. The van der Waals surface area contributed by atoms with Crippen molar-refractivity contribution in [2.45, 2.75) is 19.9 Å². The number of hydrogen-bond donors (Lipinski definition) is 0. The predicted molar refractivity (Wildman–Crippen MR) is 107 cm³/mol. The van der Waals surface area contributed by atoms with Crippen molar-refractivity contribution >= 4 is 17.7 Å². The van der Waals surface area contributed by atoms with Crippen LogP contribution in [0.2, 0.25) is 0 Å². The molecule has 0 bridgehead atoms. The number of amides is 1. The van der Waals surface area contributed by atoms with E-state index in [1.807, 2.05) is 53.4 Å². The molecule has 0 saturated carbocycles. The quantitative estimate of drug-likeness (QED) is 0.642. The lowest BCUT2D eigenvalue weighted by Gasteiger charge is -2.24. The lowest BCUT2D eigenvalue weighted by atomic mass is 10.1. The SMILES string of the molecule is Cc1ccc(N(Cc2ccccc2)C(=O)C2=Cc3ccccc3C2)cc1. The third-order valence-electron chi connectivity index (χ3n) is 4.81. The number of carbonyl (C=O) groups excluding carboxylic acids is 1. The van der Waals surface area contributed by atoms with Crippen LogP contribution in [0, 0.1) is 6.92 Å². The topological polar surface area (TPSA) is 20.3 Å². The Labute approximate surface area is 154 Å². The normalized spacial score (nSPS) is 12.4. The molecule has 3 aromatic rings. The molecule has 3 aromatic carbocycles. The van der Waals surface area contributed by atoms with Crippen LogP contribution in [-0.2, 0) is 17.8 Å². The summed E-state index contributed by atoms with van der Waals surface area (Å²) in [5, 5.41) is 0. The van der Waals surface area contributed by atoms with Crippen LogP contribution < -0.4 is 4.90 Å². The molecule has 0 saturated heterocycles. The van der Waals surface area contributed by atoms with Crippen molar-refractivity contribution in [1.29, 1.82) is 0 Å². The molecule has 0 aliphatic heterocycles. The zero-order valence-electron chi connectivity index (χ0n) is 14.9. The first-order valence-corrected chi connectivity index (χ1v) is 8.91. The van der Waals surface area contributed by atoms with Crippen LogP contribution in [0.15, 0.2) is 84.4 Å². The number of benzene rings is 3. The molecule has 26 heavy (non-hydrogen) atoms. The van der Waals surface area contributed by atoms with Crippen molar-refractivity contribution in [2.24, 2.45) is 0 Å². The highest BCUT2D eigenvalue weighted by Gasteiger charge is 2.24. The van der Waals surface area contributed by atoms with Crippen LogP contribution >= 0.6 is 0 Å².